The lowest BCUT2D eigenvalue weighted by atomic mass is 10.2. The minimum atomic E-state index is -2.69. The van der Waals surface area contributed by atoms with E-state index in [-0.39, 0.29) is 18.8 Å². The first kappa shape index (κ1) is 16.6. The molecule has 1 heterocycles. The van der Waals surface area contributed by atoms with Gasteiger partial charge in [-0.3, -0.25) is 14.2 Å². The highest BCUT2D eigenvalue weighted by Crippen LogP contribution is 2.13. The summed E-state index contributed by atoms with van der Waals surface area (Å²) < 4.78 is 26.0. The Bertz CT molecular complexity index is 700. The van der Waals surface area contributed by atoms with E-state index < -0.39 is 18.4 Å². The van der Waals surface area contributed by atoms with Crippen molar-refractivity contribution in [3.05, 3.63) is 48.0 Å². The summed E-state index contributed by atoms with van der Waals surface area (Å²) in [6.07, 6.45) is 2.52. The molecule has 0 saturated heterocycles. The number of hydrogen-bond donors (Lipinski definition) is 2. The third kappa shape index (κ3) is 4.35. The lowest BCUT2D eigenvalue weighted by molar-refractivity contribution is -0.136. The van der Waals surface area contributed by atoms with Crippen molar-refractivity contribution in [2.75, 3.05) is 11.9 Å². The molecule has 2 N–H and O–H groups in total. The molecule has 1 aromatic carbocycles. The van der Waals surface area contributed by atoms with Gasteiger partial charge in [0.25, 0.3) is 0 Å². The van der Waals surface area contributed by atoms with Crippen molar-refractivity contribution in [2.45, 2.75) is 19.9 Å². The van der Waals surface area contributed by atoms with E-state index in [4.69, 9.17) is 0 Å². The third-order valence-electron chi connectivity index (χ3n) is 3.19. The summed E-state index contributed by atoms with van der Waals surface area (Å²) >= 11 is 0. The molecule has 0 aliphatic heterocycles. The average molecular weight is 322 g/mol. The number of carbonyl (C=O) groups is 2. The van der Waals surface area contributed by atoms with Gasteiger partial charge in [0.05, 0.1) is 0 Å². The van der Waals surface area contributed by atoms with E-state index in [0.29, 0.717) is 10.3 Å². The molecular formula is C15H16F2N4O2. The fourth-order valence-electron chi connectivity index (χ4n) is 1.98. The van der Waals surface area contributed by atoms with Crippen LogP contribution in [0.1, 0.15) is 17.9 Å². The molecule has 8 heteroatoms. The average Bonchev–Trinajstić information content (AvgIpc) is 2.98. The SMILES string of the molecule is Cc1ccccc1NC(=O)C(=O)NCCc1nccn1C(F)F. The first-order valence-corrected chi connectivity index (χ1v) is 6.93. The van der Waals surface area contributed by atoms with E-state index in [1.807, 2.05) is 6.07 Å². The topological polar surface area (TPSA) is 76.0 Å². The molecule has 0 bridgehead atoms. The minimum Gasteiger partial charge on any atom is -0.347 e. The number of para-hydroxylation sites is 1. The van der Waals surface area contributed by atoms with Crippen LogP contribution < -0.4 is 10.6 Å². The highest BCUT2D eigenvalue weighted by Gasteiger charge is 2.15. The number of nitrogens with zero attached hydrogens (tertiary/aromatic N) is 2. The Morgan fingerprint density at radius 3 is 2.70 bits per heavy atom. The molecule has 0 aliphatic rings. The second kappa shape index (κ2) is 7.48. The minimum absolute atomic E-state index is 0.0315. The molecule has 0 fully saturated rings. The molecule has 122 valence electrons. The number of anilines is 1. The smallest absolute Gasteiger partial charge is 0.319 e. The normalized spacial score (nSPS) is 10.6. The number of halogens is 2. The number of nitrogens with one attached hydrogen (secondary N) is 2. The van der Waals surface area contributed by atoms with Gasteiger partial charge in [-0.25, -0.2) is 4.98 Å². The number of benzene rings is 1. The summed E-state index contributed by atoms with van der Waals surface area (Å²) in [6.45, 7) is -0.853. The summed E-state index contributed by atoms with van der Waals surface area (Å²) in [5.41, 5.74) is 1.37. The summed E-state index contributed by atoms with van der Waals surface area (Å²) in [6, 6.07) is 7.04. The number of aryl methyl sites for hydroxylation is 1. The summed E-state index contributed by atoms with van der Waals surface area (Å²) in [5.74, 6) is -1.50. The van der Waals surface area contributed by atoms with Crippen molar-refractivity contribution in [2.24, 2.45) is 0 Å². The van der Waals surface area contributed by atoms with Crippen LogP contribution in [-0.4, -0.2) is 27.9 Å². The fourth-order valence-corrected chi connectivity index (χ4v) is 1.98. The molecule has 0 saturated carbocycles. The molecule has 23 heavy (non-hydrogen) atoms. The first-order valence-electron chi connectivity index (χ1n) is 6.93. The maximum Gasteiger partial charge on any atom is 0.319 e. The molecule has 0 spiro atoms. The lowest BCUT2D eigenvalue weighted by Gasteiger charge is -2.09. The second-order valence-electron chi connectivity index (χ2n) is 4.80. The largest absolute Gasteiger partial charge is 0.347 e. The lowest BCUT2D eigenvalue weighted by Crippen LogP contribution is -2.36. The number of hydrogen-bond acceptors (Lipinski definition) is 3. The van der Waals surface area contributed by atoms with Gasteiger partial charge in [0.2, 0.25) is 0 Å². The van der Waals surface area contributed by atoms with Crippen LogP contribution in [0.25, 0.3) is 0 Å². The van der Waals surface area contributed by atoms with Crippen molar-refractivity contribution in [3.63, 3.8) is 0 Å². The predicted octanol–water partition coefficient (Wildman–Crippen LogP) is 1.88. The Morgan fingerprint density at radius 1 is 1.26 bits per heavy atom. The standard InChI is InChI=1S/C15H16F2N4O2/c1-10-4-2-3-5-11(10)20-14(23)13(22)19-7-6-12-18-8-9-21(12)15(16)17/h2-5,8-9,15H,6-7H2,1H3,(H,19,22)(H,20,23). The summed E-state index contributed by atoms with van der Waals surface area (Å²) in [7, 11) is 0. The summed E-state index contributed by atoms with van der Waals surface area (Å²) in [5, 5.41) is 4.87. The number of alkyl halides is 2. The Balaban J connectivity index is 1.84. The molecule has 2 rings (SSSR count). The van der Waals surface area contributed by atoms with Crippen LogP contribution in [0.4, 0.5) is 14.5 Å². The first-order chi connectivity index (χ1) is 11.0. The number of amides is 2. The zero-order chi connectivity index (χ0) is 16.8. The van der Waals surface area contributed by atoms with Gasteiger partial charge in [0.15, 0.2) is 0 Å². The van der Waals surface area contributed by atoms with Crippen molar-refractivity contribution in [3.8, 4) is 0 Å². The van der Waals surface area contributed by atoms with Crippen molar-refractivity contribution < 1.29 is 18.4 Å². The zero-order valence-electron chi connectivity index (χ0n) is 12.4. The van der Waals surface area contributed by atoms with Gasteiger partial charge >= 0.3 is 18.4 Å². The molecule has 2 amide bonds. The van der Waals surface area contributed by atoms with Gasteiger partial charge in [0.1, 0.15) is 5.82 Å². The number of imidazole rings is 1. The predicted molar refractivity (Wildman–Crippen MR) is 80.0 cm³/mol. The third-order valence-corrected chi connectivity index (χ3v) is 3.19. The van der Waals surface area contributed by atoms with Crippen LogP contribution in [0.2, 0.25) is 0 Å². The molecule has 1 aromatic heterocycles. The highest BCUT2D eigenvalue weighted by atomic mass is 19.3. The van der Waals surface area contributed by atoms with Gasteiger partial charge in [-0.2, -0.15) is 8.78 Å². The molecule has 2 aromatic rings. The van der Waals surface area contributed by atoms with Crippen LogP contribution in [-0.2, 0) is 16.0 Å². The van der Waals surface area contributed by atoms with E-state index in [0.717, 1.165) is 11.8 Å². The monoisotopic (exact) mass is 322 g/mol. The van der Waals surface area contributed by atoms with Crippen LogP contribution in [0.5, 0.6) is 0 Å². The summed E-state index contributed by atoms with van der Waals surface area (Å²) in [4.78, 5) is 27.3. The molecule has 6 nitrogen and oxygen atoms in total. The Kier molecular flexibility index (Phi) is 5.40. The van der Waals surface area contributed by atoms with Crippen molar-refractivity contribution in [1.82, 2.24) is 14.9 Å². The van der Waals surface area contributed by atoms with E-state index in [9.17, 15) is 18.4 Å². The van der Waals surface area contributed by atoms with E-state index in [2.05, 4.69) is 15.6 Å². The maximum absolute atomic E-state index is 12.6. The van der Waals surface area contributed by atoms with E-state index in [1.54, 1.807) is 25.1 Å². The number of rotatable bonds is 5. The molecule has 0 aliphatic carbocycles. The molecule has 0 radical (unpaired) electrons. The van der Waals surface area contributed by atoms with Crippen LogP contribution in [0.15, 0.2) is 36.7 Å². The Labute approximate surface area is 131 Å². The highest BCUT2D eigenvalue weighted by molar-refractivity contribution is 6.39. The van der Waals surface area contributed by atoms with Gasteiger partial charge in [-0.05, 0) is 18.6 Å². The van der Waals surface area contributed by atoms with Gasteiger partial charge in [-0.15, -0.1) is 0 Å². The van der Waals surface area contributed by atoms with Crippen LogP contribution >= 0.6 is 0 Å². The van der Waals surface area contributed by atoms with E-state index in [1.165, 1.54) is 6.20 Å². The molecular weight excluding hydrogens is 306 g/mol. The number of aromatic nitrogens is 2. The number of carbonyl (C=O) groups excluding carboxylic acids is 2. The van der Waals surface area contributed by atoms with Crippen LogP contribution in [0, 0.1) is 6.92 Å². The van der Waals surface area contributed by atoms with Gasteiger partial charge < -0.3 is 10.6 Å². The maximum atomic E-state index is 12.6. The van der Waals surface area contributed by atoms with Crippen LogP contribution in [0.3, 0.4) is 0 Å². The van der Waals surface area contributed by atoms with Gasteiger partial charge in [-0.1, -0.05) is 18.2 Å². The fraction of sp³-hybridized carbons (Fsp3) is 0.267. The van der Waals surface area contributed by atoms with Crippen molar-refractivity contribution >= 4 is 17.5 Å². The van der Waals surface area contributed by atoms with Gasteiger partial charge in [0, 0.05) is 31.0 Å². The Morgan fingerprint density at radius 2 is 2.00 bits per heavy atom. The van der Waals surface area contributed by atoms with E-state index >= 15 is 0 Å². The second-order valence-corrected chi connectivity index (χ2v) is 4.80. The Hall–Kier alpha value is -2.77. The molecule has 0 atom stereocenters. The van der Waals surface area contributed by atoms with Crippen molar-refractivity contribution in [1.29, 1.82) is 0 Å². The molecule has 0 unspecified atom stereocenters. The quantitative estimate of drug-likeness (QED) is 0.825. The zero-order valence-corrected chi connectivity index (χ0v) is 12.4.